The molecule has 0 bridgehead atoms. The molecule has 0 radical (unpaired) electrons. The predicted molar refractivity (Wildman–Crippen MR) is 113 cm³/mol. The molecule has 2 aromatic carbocycles. The number of hydrogen-bond donors (Lipinski definition) is 0. The molecule has 1 fully saturated rings. The smallest absolute Gasteiger partial charge is 0.249 e. The van der Waals surface area contributed by atoms with Crippen LogP contribution in [0.1, 0.15) is 30.3 Å². The third kappa shape index (κ3) is 4.19. The number of aromatic nitrogens is 2. The van der Waals surface area contributed by atoms with Gasteiger partial charge in [0, 0.05) is 17.7 Å². The van der Waals surface area contributed by atoms with E-state index < -0.39 is 0 Å². The van der Waals surface area contributed by atoms with Crippen LogP contribution >= 0.6 is 0 Å². The van der Waals surface area contributed by atoms with E-state index in [1.807, 2.05) is 35.2 Å². The molecule has 162 valence electrons. The molecule has 0 N–H and O–H groups in total. The molecule has 31 heavy (non-hydrogen) atoms. The Hall–Kier alpha value is -3.55. The molecule has 2 heterocycles. The number of carbonyl (C=O) groups excluding carboxylic acids is 1. The van der Waals surface area contributed by atoms with Crippen LogP contribution in [0.2, 0.25) is 0 Å². The zero-order valence-corrected chi connectivity index (χ0v) is 17.8. The van der Waals surface area contributed by atoms with Gasteiger partial charge in [-0.05, 0) is 37.1 Å². The van der Waals surface area contributed by atoms with Crippen LogP contribution < -0.4 is 14.2 Å². The summed E-state index contributed by atoms with van der Waals surface area (Å²) in [5.41, 5.74) is 1.61. The maximum atomic E-state index is 13.0. The summed E-state index contributed by atoms with van der Waals surface area (Å²) in [6, 6.07) is 12.8. The lowest BCUT2D eigenvalue weighted by Crippen LogP contribution is -2.32. The van der Waals surface area contributed by atoms with Gasteiger partial charge in [-0.3, -0.25) is 4.79 Å². The summed E-state index contributed by atoms with van der Waals surface area (Å²) in [5, 5.41) is 4.13. The third-order valence-electron chi connectivity index (χ3n) is 5.48. The molecule has 1 unspecified atom stereocenters. The molecular formula is C23H25N3O5. The van der Waals surface area contributed by atoms with E-state index in [2.05, 4.69) is 10.1 Å². The first-order valence-corrected chi connectivity index (χ1v) is 10.1. The van der Waals surface area contributed by atoms with Crippen LogP contribution in [-0.4, -0.2) is 48.8 Å². The van der Waals surface area contributed by atoms with Crippen LogP contribution in [-0.2, 0) is 11.2 Å². The molecule has 1 aliphatic rings. The molecule has 0 spiro atoms. The van der Waals surface area contributed by atoms with E-state index >= 15 is 0 Å². The number of para-hydroxylation sites is 1. The predicted octanol–water partition coefficient (Wildman–Crippen LogP) is 3.67. The van der Waals surface area contributed by atoms with Gasteiger partial charge in [-0.15, -0.1) is 0 Å². The second kappa shape index (κ2) is 9.07. The summed E-state index contributed by atoms with van der Waals surface area (Å²) in [5.74, 6) is 2.81. The fraction of sp³-hybridized carbons (Fsp3) is 0.348. The maximum Gasteiger partial charge on any atom is 0.249 e. The van der Waals surface area contributed by atoms with Crippen molar-refractivity contribution in [3.8, 4) is 28.6 Å². The molecule has 1 aromatic heterocycles. The highest BCUT2D eigenvalue weighted by Crippen LogP contribution is 2.35. The molecule has 1 amide bonds. The molecule has 3 aromatic rings. The average molecular weight is 423 g/mol. The second-order valence-corrected chi connectivity index (χ2v) is 7.26. The van der Waals surface area contributed by atoms with Crippen molar-refractivity contribution in [1.82, 2.24) is 15.0 Å². The van der Waals surface area contributed by atoms with E-state index in [0.29, 0.717) is 35.5 Å². The number of amides is 1. The van der Waals surface area contributed by atoms with Crippen molar-refractivity contribution in [2.24, 2.45) is 0 Å². The van der Waals surface area contributed by atoms with Crippen LogP contribution in [0.15, 0.2) is 47.0 Å². The highest BCUT2D eigenvalue weighted by Gasteiger charge is 2.34. The van der Waals surface area contributed by atoms with Gasteiger partial charge >= 0.3 is 0 Å². The van der Waals surface area contributed by atoms with Gasteiger partial charge in [0.05, 0.1) is 27.8 Å². The third-order valence-corrected chi connectivity index (χ3v) is 5.48. The Morgan fingerprint density at radius 3 is 2.61 bits per heavy atom. The Morgan fingerprint density at radius 2 is 1.84 bits per heavy atom. The summed E-state index contributed by atoms with van der Waals surface area (Å²) in [7, 11) is 4.77. The van der Waals surface area contributed by atoms with Gasteiger partial charge in [0.1, 0.15) is 11.8 Å². The van der Waals surface area contributed by atoms with Crippen LogP contribution in [0.25, 0.3) is 11.4 Å². The van der Waals surface area contributed by atoms with Crippen molar-refractivity contribution in [1.29, 1.82) is 0 Å². The van der Waals surface area contributed by atoms with E-state index in [1.54, 1.807) is 33.5 Å². The number of likely N-dealkylation sites (tertiary alicyclic amines) is 1. The van der Waals surface area contributed by atoms with E-state index in [0.717, 1.165) is 24.0 Å². The van der Waals surface area contributed by atoms with Crippen molar-refractivity contribution in [2.45, 2.75) is 25.3 Å². The van der Waals surface area contributed by atoms with Gasteiger partial charge in [-0.2, -0.15) is 4.98 Å². The highest BCUT2D eigenvalue weighted by atomic mass is 16.5. The fourth-order valence-corrected chi connectivity index (χ4v) is 3.90. The van der Waals surface area contributed by atoms with Gasteiger partial charge in [-0.25, -0.2) is 0 Å². The standard InChI is InChI=1S/C23H25N3O5/c1-28-18-9-5-4-7-15(18)14-21(27)26-12-6-8-17(26)23-24-22(25-31-23)16-10-11-19(29-2)20(13-16)30-3/h4-5,7,9-11,13,17H,6,8,12,14H2,1-3H3. The molecule has 4 rings (SSSR count). The Morgan fingerprint density at radius 1 is 1.06 bits per heavy atom. The van der Waals surface area contributed by atoms with Crippen molar-refractivity contribution in [3.05, 3.63) is 53.9 Å². The minimum absolute atomic E-state index is 0.0119. The van der Waals surface area contributed by atoms with Gasteiger partial charge < -0.3 is 23.6 Å². The van der Waals surface area contributed by atoms with E-state index in [4.69, 9.17) is 18.7 Å². The number of ether oxygens (including phenoxy) is 3. The van der Waals surface area contributed by atoms with Crippen LogP contribution in [0, 0.1) is 0 Å². The lowest BCUT2D eigenvalue weighted by molar-refractivity contribution is -0.131. The maximum absolute atomic E-state index is 13.0. The van der Waals surface area contributed by atoms with Crippen molar-refractivity contribution >= 4 is 5.91 Å². The van der Waals surface area contributed by atoms with Crippen molar-refractivity contribution in [2.75, 3.05) is 27.9 Å². The molecule has 8 nitrogen and oxygen atoms in total. The topological polar surface area (TPSA) is 86.9 Å². The summed E-state index contributed by atoms with van der Waals surface area (Å²) in [6.45, 7) is 0.659. The monoisotopic (exact) mass is 423 g/mol. The normalized spacial score (nSPS) is 15.7. The summed E-state index contributed by atoms with van der Waals surface area (Å²) >= 11 is 0. The molecule has 8 heteroatoms. The largest absolute Gasteiger partial charge is 0.496 e. The van der Waals surface area contributed by atoms with Gasteiger partial charge in [-0.1, -0.05) is 23.4 Å². The molecule has 1 saturated heterocycles. The number of methoxy groups -OCH3 is 3. The Labute approximate surface area is 180 Å². The fourth-order valence-electron chi connectivity index (χ4n) is 3.90. The lowest BCUT2D eigenvalue weighted by Gasteiger charge is -2.22. The zero-order valence-electron chi connectivity index (χ0n) is 17.8. The minimum atomic E-state index is -0.233. The molecule has 1 atom stereocenters. The van der Waals surface area contributed by atoms with Gasteiger partial charge in [0.2, 0.25) is 17.6 Å². The number of nitrogens with zero attached hydrogens (tertiary/aromatic N) is 3. The summed E-state index contributed by atoms with van der Waals surface area (Å²) < 4.78 is 21.6. The Kier molecular flexibility index (Phi) is 6.06. The van der Waals surface area contributed by atoms with Crippen molar-refractivity contribution in [3.63, 3.8) is 0 Å². The number of carbonyl (C=O) groups is 1. The van der Waals surface area contributed by atoms with E-state index in [1.165, 1.54) is 0 Å². The summed E-state index contributed by atoms with van der Waals surface area (Å²) in [6.07, 6.45) is 1.93. The Balaban J connectivity index is 1.53. The molecule has 0 aliphatic carbocycles. The SMILES string of the molecule is COc1ccccc1CC(=O)N1CCCC1c1nc(-c2ccc(OC)c(OC)c2)no1. The molecule has 0 saturated carbocycles. The first kappa shape index (κ1) is 20.7. The lowest BCUT2D eigenvalue weighted by atomic mass is 10.1. The van der Waals surface area contributed by atoms with Crippen LogP contribution in [0.4, 0.5) is 0 Å². The van der Waals surface area contributed by atoms with E-state index in [9.17, 15) is 4.79 Å². The quantitative estimate of drug-likeness (QED) is 0.573. The number of rotatable bonds is 7. The highest BCUT2D eigenvalue weighted by molar-refractivity contribution is 5.80. The first-order chi connectivity index (χ1) is 15.1. The minimum Gasteiger partial charge on any atom is -0.496 e. The Bertz CT molecular complexity index is 1060. The van der Waals surface area contributed by atoms with Gasteiger partial charge in [0.25, 0.3) is 0 Å². The van der Waals surface area contributed by atoms with Crippen molar-refractivity contribution < 1.29 is 23.5 Å². The number of benzene rings is 2. The second-order valence-electron chi connectivity index (χ2n) is 7.26. The van der Waals surface area contributed by atoms with Crippen LogP contribution in [0.5, 0.6) is 17.2 Å². The van der Waals surface area contributed by atoms with Gasteiger partial charge in [0.15, 0.2) is 11.5 Å². The zero-order chi connectivity index (χ0) is 21.8. The van der Waals surface area contributed by atoms with Crippen LogP contribution in [0.3, 0.4) is 0 Å². The number of hydrogen-bond acceptors (Lipinski definition) is 7. The first-order valence-electron chi connectivity index (χ1n) is 10.1. The van der Waals surface area contributed by atoms with E-state index in [-0.39, 0.29) is 18.4 Å². The average Bonchev–Trinajstić information content (AvgIpc) is 3.48. The molecule has 1 aliphatic heterocycles. The molecular weight excluding hydrogens is 398 g/mol. The summed E-state index contributed by atoms with van der Waals surface area (Å²) in [4.78, 5) is 19.4.